The maximum atomic E-state index is 12.3. The average Bonchev–Trinajstić information content (AvgIpc) is 3.02. The first-order valence-electron chi connectivity index (χ1n) is 7.08. The Hall–Kier alpha value is -1.28. The van der Waals surface area contributed by atoms with Crippen molar-refractivity contribution in [3.05, 3.63) is 76.1 Å². The summed E-state index contributed by atoms with van der Waals surface area (Å²) in [5.41, 5.74) is 1.71. The molecule has 7 heteroatoms. The minimum Gasteiger partial charge on any atom is -0.279 e. The van der Waals surface area contributed by atoms with E-state index in [1.807, 2.05) is 30.3 Å². The van der Waals surface area contributed by atoms with Crippen molar-refractivity contribution in [2.45, 2.75) is 14.9 Å². The van der Waals surface area contributed by atoms with Crippen LogP contribution >= 0.6 is 39.0 Å². The van der Waals surface area contributed by atoms with Crippen molar-refractivity contribution in [3.63, 3.8) is 0 Å². The van der Waals surface area contributed by atoms with Gasteiger partial charge >= 0.3 is 0 Å². The van der Waals surface area contributed by atoms with Crippen molar-refractivity contribution in [1.29, 1.82) is 0 Å². The van der Waals surface area contributed by atoms with E-state index in [2.05, 4.69) is 32.8 Å². The van der Waals surface area contributed by atoms with Crippen LogP contribution < -0.4 is 4.72 Å². The van der Waals surface area contributed by atoms with Gasteiger partial charge in [-0.1, -0.05) is 30.3 Å². The van der Waals surface area contributed by atoms with Gasteiger partial charge in [-0.3, -0.25) is 4.72 Å². The standard InChI is InChI=1S/C17H14BrNO2S3/c18-16-10-11-17(23-16)24(20,21)19-14-8-6-13(7-9-14)12-22-15-4-2-1-3-5-15/h1-11,19H,12H2. The van der Waals surface area contributed by atoms with Crippen molar-refractivity contribution >= 4 is 54.7 Å². The van der Waals surface area contributed by atoms with E-state index in [1.165, 1.54) is 16.2 Å². The van der Waals surface area contributed by atoms with Gasteiger partial charge in [-0.25, -0.2) is 8.42 Å². The molecular formula is C17H14BrNO2S3. The van der Waals surface area contributed by atoms with Gasteiger partial charge in [0.05, 0.1) is 3.79 Å². The van der Waals surface area contributed by atoms with Gasteiger partial charge in [0, 0.05) is 16.3 Å². The number of hydrogen-bond acceptors (Lipinski definition) is 4. The number of sulfonamides is 1. The van der Waals surface area contributed by atoms with Gasteiger partial charge in [0.15, 0.2) is 0 Å². The molecule has 0 aliphatic heterocycles. The number of rotatable bonds is 6. The van der Waals surface area contributed by atoms with Crippen LogP contribution in [0.3, 0.4) is 0 Å². The molecule has 0 saturated carbocycles. The summed E-state index contributed by atoms with van der Waals surface area (Å²) < 4.78 is 28.3. The monoisotopic (exact) mass is 439 g/mol. The first-order valence-corrected chi connectivity index (χ1v) is 11.2. The minimum atomic E-state index is -3.53. The van der Waals surface area contributed by atoms with E-state index < -0.39 is 10.0 Å². The van der Waals surface area contributed by atoms with Gasteiger partial charge in [0.1, 0.15) is 4.21 Å². The Morgan fingerprint density at radius 1 is 0.958 bits per heavy atom. The van der Waals surface area contributed by atoms with Crippen molar-refractivity contribution in [2.75, 3.05) is 4.72 Å². The van der Waals surface area contributed by atoms with E-state index >= 15 is 0 Å². The molecule has 0 atom stereocenters. The van der Waals surface area contributed by atoms with Gasteiger partial charge in [0.25, 0.3) is 10.0 Å². The van der Waals surface area contributed by atoms with Crippen LogP contribution in [0.5, 0.6) is 0 Å². The molecule has 0 aliphatic rings. The third kappa shape index (κ3) is 4.63. The highest BCUT2D eigenvalue weighted by Crippen LogP contribution is 2.28. The predicted octanol–water partition coefficient (Wildman–Crippen LogP) is 5.60. The second-order valence-electron chi connectivity index (χ2n) is 4.96. The Bertz CT molecular complexity index is 907. The van der Waals surface area contributed by atoms with E-state index in [9.17, 15) is 8.42 Å². The molecule has 3 rings (SSSR count). The highest BCUT2D eigenvalue weighted by atomic mass is 79.9. The van der Waals surface area contributed by atoms with Gasteiger partial charge in [-0.15, -0.1) is 23.1 Å². The summed E-state index contributed by atoms with van der Waals surface area (Å²) in [4.78, 5) is 1.21. The van der Waals surface area contributed by atoms with Crippen LogP contribution in [0.1, 0.15) is 5.56 Å². The zero-order valence-electron chi connectivity index (χ0n) is 12.5. The summed E-state index contributed by atoms with van der Waals surface area (Å²) in [6.45, 7) is 0. The fraction of sp³-hybridized carbons (Fsp3) is 0.0588. The van der Waals surface area contributed by atoms with Gasteiger partial charge in [-0.05, 0) is 57.9 Å². The Morgan fingerprint density at radius 3 is 2.29 bits per heavy atom. The predicted molar refractivity (Wildman–Crippen MR) is 105 cm³/mol. The maximum Gasteiger partial charge on any atom is 0.271 e. The molecule has 0 unspecified atom stereocenters. The molecule has 0 spiro atoms. The van der Waals surface area contributed by atoms with Crippen LogP contribution in [0.15, 0.2) is 79.6 Å². The first kappa shape index (κ1) is 17.5. The van der Waals surface area contributed by atoms with Crippen molar-refractivity contribution in [2.24, 2.45) is 0 Å². The smallest absolute Gasteiger partial charge is 0.271 e. The molecule has 0 fully saturated rings. The van der Waals surface area contributed by atoms with Crippen molar-refractivity contribution in [3.8, 4) is 0 Å². The molecule has 1 aromatic heterocycles. The normalized spacial score (nSPS) is 11.4. The molecule has 1 heterocycles. The summed E-state index contributed by atoms with van der Waals surface area (Å²) >= 11 is 6.22. The molecule has 0 saturated heterocycles. The van der Waals surface area contributed by atoms with Crippen LogP contribution in [0.25, 0.3) is 0 Å². The molecule has 3 nitrogen and oxygen atoms in total. The summed E-state index contributed by atoms with van der Waals surface area (Å²) in [7, 11) is -3.53. The van der Waals surface area contributed by atoms with E-state index in [-0.39, 0.29) is 4.21 Å². The van der Waals surface area contributed by atoms with Crippen LogP contribution in [0.2, 0.25) is 0 Å². The van der Waals surface area contributed by atoms with Crippen molar-refractivity contribution in [1.82, 2.24) is 0 Å². The topological polar surface area (TPSA) is 46.2 Å². The fourth-order valence-corrected chi connectivity index (χ4v) is 5.94. The van der Waals surface area contributed by atoms with E-state index in [1.54, 1.807) is 36.0 Å². The molecule has 0 aliphatic carbocycles. The fourth-order valence-electron chi connectivity index (χ4n) is 2.00. The van der Waals surface area contributed by atoms with Gasteiger partial charge < -0.3 is 0 Å². The summed E-state index contributed by atoms with van der Waals surface area (Å²) in [6, 6.07) is 21.0. The molecule has 0 radical (unpaired) electrons. The number of hydrogen-bond donors (Lipinski definition) is 1. The van der Waals surface area contributed by atoms with E-state index in [0.29, 0.717) is 5.69 Å². The van der Waals surface area contributed by atoms with Gasteiger partial charge in [-0.2, -0.15) is 0 Å². The van der Waals surface area contributed by atoms with Crippen molar-refractivity contribution < 1.29 is 8.42 Å². The zero-order chi connectivity index (χ0) is 17.0. The van der Waals surface area contributed by atoms with Crippen LogP contribution in [-0.2, 0) is 15.8 Å². The molecular weight excluding hydrogens is 426 g/mol. The first-order chi connectivity index (χ1) is 11.5. The van der Waals surface area contributed by atoms with E-state index in [0.717, 1.165) is 15.1 Å². The quantitative estimate of drug-likeness (QED) is 0.508. The summed E-state index contributed by atoms with van der Waals surface area (Å²) in [5.74, 6) is 0.842. The summed E-state index contributed by atoms with van der Waals surface area (Å²) in [6.07, 6.45) is 0. The number of benzene rings is 2. The molecule has 0 amide bonds. The lowest BCUT2D eigenvalue weighted by Crippen LogP contribution is -2.11. The Labute approximate surface area is 158 Å². The lowest BCUT2D eigenvalue weighted by Gasteiger charge is -2.07. The highest BCUT2D eigenvalue weighted by molar-refractivity contribution is 9.11. The lowest BCUT2D eigenvalue weighted by molar-refractivity contribution is 0.603. The summed E-state index contributed by atoms with van der Waals surface area (Å²) in [5, 5.41) is 0. The molecule has 124 valence electrons. The molecule has 0 bridgehead atoms. The number of thiophene rings is 1. The Morgan fingerprint density at radius 2 is 1.67 bits per heavy atom. The van der Waals surface area contributed by atoms with Crippen LogP contribution in [-0.4, -0.2) is 8.42 Å². The maximum absolute atomic E-state index is 12.3. The molecule has 24 heavy (non-hydrogen) atoms. The largest absolute Gasteiger partial charge is 0.279 e. The third-order valence-corrected chi connectivity index (χ3v) is 7.75. The zero-order valence-corrected chi connectivity index (χ0v) is 16.5. The van der Waals surface area contributed by atoms with Crippen LogP contribution in [0, 0.1) is 0 Å². The van der Waals surface area contributed by atoms with Gasteiger partial charge in [0.2, 0.25) is 0 Å². The third-order valence-electron chi connectivity index (χ3n) is 3.17. The Balaban J connectivity index is 1.64. The average molecular weight is 440 g/mol. The Kier molecular flexibility index (Phi) is 5.65. The SMILES string of the molecule is O=S(=O)(Nc1ccc(CSc2ccccc2)cc1)c1ccc(Br)s1. The van der Waals surface area contributed by atoms with E-state index in [4.69, 9.17) is 0 Å². The molecule has 3 aromatic rings. The molecule has 2 aromatic carbocycles. The number of halogens is 1. The molecule has 1 N–H and O–H groups in total. The number of nitrogens with one attached hydrogen (secondary N) is 1. The lowest BCUT2D eigenvalue weighted by atomic mass is 10.2. The van der Waals surface area contributed by atoms with Crippen LogP contribution in [0.4, 0.5) is 5.69 Å². The number of thioether (sulfide) groups is 1. The minimum absolute atomic E-state index is 0.290. The second kappa shape index (κ2) is 7.74. The number of anilines is 1. The second-order valence-corrected chi connectivity index (χ2v) is 10.4. The highest BCUT2D eigenvalue weighted by Gasteiger charge is 2.16.